The summed E-state index contributed by atoms with van der Waals surface area (Å²) in [4.78, 5) is 15.4. The summed E-state index contributed by atoms with van der Waals surface area (Å²) in [5, 5.41) is 8.98. The lowest BCUT2D eigenvalue weighted by Gasteiger charge is -2.13. The summed E-state index contributed by atoms with van der Waals surface area (Å²) in [7, 11) is 1.59. The highest BCUT2D eigenvalue weighted by atomic mass is 16.5. The molecule has 0 unspecified atom stereocenters. The fraction of sp³-hybridized carbons (Fsp3) is 0.0909. The van der Waals surface area contributed by atoms with Gasteiger partial charge in [-0.05, 0) is 42.0 Å². The van der Waals surface area contributed by atoms with Crippen LogP contribution in [-0.2, 0) is 6.61 Å². The maximum absolute atomic E-state index is 10.9. The highest BCUT2D eigenvalue weighted by Gasteiger charge is 2.10. The number of rotatable bonds is 7. The standard InChI is InChI=1S/C22H19NO4/c1-26-20-9-5-6-18(14-23-19-7-3-2-4-8-19)21(20)27-15-16-10-12-17(13-11-16)22(24)25/h2-14H,15H2,1H3,(H,24,25). The highest BCUT2D eigenvalue weighted by Crippen LogP contribution is 2.31. The number of hydrogen-bond donors (Lipinski definition) is 1. The monoisotopic (exact) mass is 361 g/mol. The molecule has 0 fully saturated rings. The first-order chi connectivity index (χ1) is 13.2. The van der Waals surface area contributed by atoms with Crippen molar-refractivity contribution < 1.29 is 19.4 Å². The molecule has 0 spiro atoms. The Bertz CT molecular complexity index is 934. The number of hydrogen-bond acceptors (Lipinski definition) is 4. The quantitative estimate of drug-likeness (QED) is 0.618. The Balaban J connectivity index is 1.81. The maximum Gasteiger partial charge on any atom is 0.335 e. The van der Waals surface area contributed by atoms with Gasteiger partial charge in [-0.15, -0.1) is 0 Å². The minimum absolute atomic E-state index is 0.242. The second-order valence-corrected chi connectivity index (χ2v) is 5.76. The van der Waals surface area contributed by atoms with Crippen molar-refractivity contribution >= 4 is 17.9 Å². The molecule has 5 heteroatoms. The minimum atomic E-state index is -0.952. The van der Waals surface area contributed by atoms with Crippen LogP contribution in [0.4, 0.5) is 5.69 Å². The number of methoxy groups -OCH3 is 1. The summed E-state index contributed by atoms with van der Waals surface area (Å²) < 4.78 is 11.4. The van der Waals surface area contributed by atoms with E-state index in [0.717, 1.165) is 16.8 Å². The van der Waals surface area contributed by atoms with Gasteiger partial charge in [-0.2, -0.15) is 0 Å². The molecule has 0 saturated heterocycles. The fourth-order valence-corrected chi connectivity index (χ4v) is 2.51. The average molecular weight is 361 g/mol. The predicted octanol–water partition coefficient (Wildman–Crippen LogP) is 4.72. The van der Waals surface area contributed by atoms with Crippen LogP contribution in [0.3, 0.4) is 0 Å². The molecular formula is C22H19NO4. The van der Waals surface area contributed by atoms with E-state index in [2.05, 4.69) is 4.99 Å². The minimum Gasteiger partial charge on any atom is -0.493 e. The van der Waals surface area contributed by atoms with Crippen molar-refractivity contribution in [2.45, 2.75) is 6.61 Å². The summed E-state index contributed by atoms with van der Waals surface area (Å²) in [6, 6.07) is 21.8. The number of para-hydroxylation sites is 2. The van der Waals surface area contributed by atoms with Crippen molar-refractivity contribution in [3.8, 4) is 11.5 Å². The Hall–Kier alpha value is -3.60. The van der Waals surface area contributed by atoms with E-state index < -0.39 is 5.97 Å². The maximum atomic E-state index is 10.9. The summed E-state index contributed by atoms with van der Waals surface area (Å²) in [5.41, 5.74) is 2.74. The molecule has 0 aliphatic rings. The second-order valence-electron chi connectivity index (χ2n) is 5.76. The molecule has 0 aromatic heterocycles. The number of aliphatic imine (C=N–C) groups is 1. The van der Waals surface area contributed by atoms with Crippen molar-refractivity contribution in [3.63, 3.8) is 0 Å². The molecule has 3 rings (SSSR count). The molecule has 0 radical (unpaired) electrons. The van der Waals surface area contributed by atoms with Crippen LogP contribution < -0.4 is 9.47 Å². The van der Waals surface area contributed by atoms with Crippen LogP contribution in [0, 0.1) is 0 Å². The Morgan fingerprint density at radius 2 is 1.74 bits per heavy atom. The van der Waals surface area contributed by atoms with E-state index in [4.69, 9.17) is 14.6 Å². The van der Waals surface area contributed by atoms with E-state index in [1.165, 1.54) is 0 Å². The van der Waals surface area contributed by atoms with Crippen LogP contribution in [-0.4, -0.2) is 24.4 Å². The zero-order chi connectivity index (χ0) is 19.1. The van der Waals surface area contributed by atoms with Gasteiger partial charge in [-0.25, -0.2) is 4.79 Å². The first kappa shape index (κ1) is 18.2. The molecule has 0 saturated carbocycles. The normalized spacial score (nSPS) is 10.7. The molecule has 5 nitrogen and oxygen atoms in total. The first-order valence-electron chi connectivity index (χ1n) is 8.38. The molecule has 3 aromatic carbocycles. The molecule has 27 heavy (non-hydrogen) atoms. The van der Waals surface area contributed by atoms with Crippen LogP contribution >= 0.6 is 0 Å². The molecule has 0 heterocycles. The Morgan fingerprint density at radius 3 is 2.41 bits per heavy atom. The summed E-state index contributed by atoms with van der Waals surface area (Å²) in [5.74, 6) is 0.239. The molecule has 3 aromatic rings. The van der Waals surface area contributed by atoms with Gasteiger partial charge in [0.2, 0.25) is 0 Å². The first-order valence-corrected chi connectivity index (χ1v) is 8.38. The van der Waals surface area contributed by atoms with Gasteiger partial charge in [-0.3, -0.25) is 4.99 Å². The van der Waals surface area contributed by atoms with Crippen LogP contribution in [0.25, 0.3) is 0 Å². The molecule has 136 valence electrons. The average Bonchev–Trinajstić information content (AvgIpc) is 2.71. The van der Waals surface area contributed by atoms with Gasteiger partial charge >= 0.3 is 5.97 Å². The lowest BCUT2D eigenvalue weighted by Crippen LogP contribution is -2.02. The highest BCUT2D eigenvalue weighted by molar-refractivity contribution is 5.87. The Labute approximate surface area is 157 Å². The topological polar surface area (TPSA) is 68.1 Å². The lowest BCUT2D eigenvalue weighted by molar-refractivity contribution is 0.0697. The molecule has 0 atom stereocenters. The van der Waals surface area contributed by atoms with Gasteiger partial charge in [0.05, 0.1) is 18.4 Å². The van der Waals surface area contributed by atoms with Crippen LogP contribution in [0.2, 0.25) is 0 Å². The Morgan fingerprint density at radius 1 is 1.00 bits per heavy atom. The number of carboxylic acid groups (broad SMARTS) is 1. The lowest BCUT2D eigenvalue weighted by atomic mass is 10.1. The number of aromatic carboxylic acids is 1. The second kappa shape index (κ2) is 8.67. The summed E-state index contributed by atoms with van der Waals surface area (Å²) >= 11 is 0. The van der Waals surface area contributed by atoms with E-state index in [0.29, 0.717) is 11.5 Å². The molecule has 0 bridgehead atoms. The van der Waals surface area contributed by atoms with Crippen molar-refractivity contribution in [2.24, 2.45) is 4.99 Å². The zero-order valence-electron chi connectivity index (χ0n) is 14.8. The SMILES string of the molecule is COc1cccc(C=Nc2ccccc2)c1OCc1ccc(C(=O)O)cc1. The molecule has 1 N–H and O–H groups in total. The van der Waals surface area contributed by atoms with Crippen molar-refractivity contribution in [1.29, 1.82) is 0 Å². The molecular weight excluding hydrogens is 342 g/mol. The van der Waals surface area contributed by atoms with Gasteiger partial charge < -0.3 is 14.6 Å². The van der Waals surface area contributed by atoms with Crippen molar-refractivity contribution in [1.82, 2.24) is 0 Å². The van der Waals surface area contributed by atoms with Gasteiger partial charge in [0.25, 0.3) is 0 Å². The van der Waals surface area contributed by atoms with E-state index in [9.17, 15) is 4.79 Å². The van der Waals surface area contributed by atoms with Crippen molar-refractivity contribution in [2.75, 3.05) is 7.11 Å². The van der Waals surface area contributed by atoms with Gasteiger partial charge in [0, 0.05) is 11.8 Å². The number of carbonyl (C=O) groups is 1. The summed E-state index contributed by atoms with van der Waals surface area (Å²) in [6.45, 7) is 0.284. The smallest absolute Gasteiger partial charge is 0.335 e. The van der Waals surface area contributed by atoms with Gasteiger partial charge in [-0.1, -0.05) is 36.4 Å². The van der Waals surface area contributed by atoms with E-state index >= 15 is 0 Å². The zero-order valence-corrected chi connectivity index (χ0v) is 14.8. The largest absolute Gasteiger partial charge is 0.493 e. The number of carboxylic acids is 1. The number of benzene rings is 3. The summed E-state index contributed by atoms with van der Waals surface area (Å²) in [6.07, 6.45) is 1.74. The number of nitrogens with zero attached hydrogens (tertiary/aromatic N) is 1. The molecule has 0 aliphatic heterocycles. The third kappa shape index (κ3) is 4.73. The predicted molar refractivity (Wildman–Crippen MR) is 104 cm³/mol. The Kier molecular flexibility index (Phi) is 5.84. The third-order valence-electron chi connectivity index (χ3n) is 3.92. The van der Waals surface area contributed by atoms with Crippen molar-refractivity contribution in [3.05, 3.63) is 89.5 Å². The third-order valence-corrected chi connectivity index (χ3v) is 3.92. The van der Waals surface area contributed by atoms with E-state index in [1.807, 2.05) is 48.5 Å². The van der Waals surface area contributed by atoms with E-state index in [1.54, 1.807) is 37.6 Å². The van der Waals surface area contributed by atoms with E-state index in [-0.39, 0.29) is 12.2 Å². The fourth-order valence-electron chi connectivity index (χ4n) is 2.51. The van der Waals surface area contributed by atoms with Crippen LogP contribution in [0.15, 0.2) is 77.8 Å². The van der Waals surface area contributed by atoms with Gasteiger partial charge in [0.15, 0.2) is 11.5 Å². The van der Waals surface area contributed by atoms with Gasteiger partial charge in [0.1, 0.15) is 6.61 Å². The van der Waals surface area contributed by atoms with Crippen LogP contribution in [0.1, 0.15) is 21.5 Å². The molecule has 0 aliphatic carbocycles. The number of ether oxygens (including phenoxy) is 2. The van der Waals surface area contributed by atoms with Crippen LogP contribution in [0.5, 0.6) is 11.5 Å². The molecule has 0 amide bonds.